The lowest BCUT2D eigenvalue weighted by Gasteiger charge is -2.38. The normalized spacial score (nSPS) is 22.6. The Bertz CT molecular complexity index is 2810. The topological polar surface area (TPSA) is 91.5 Å². The molecule has 276 valence electrons. The van der Waals surface area contributed by atoms with Crippen molar-refractivity contribution < 1.29 is 9.59 Å². The molecule has 2 atom stereocenters. The minimum absolute atomic E-state index is 0.0284. The van der Waals surface area contributed by atoms with Crippen LogP contribution in [0.15, 0.2) is 59.7 Å². The number of benzene rings is 1. The predicted octanol–water partition coefficient (Wildman–Crippen LogP) is 11.0. The van der Waals surface area contributed by atoms with Gasteiger partial charge in [-0.3, -0.25) is 9.59 Å². The molecule has 8 bridgehead atoms. The van der Waals surface area contributed by atoms with E-state index in [-0.39, 0.29) is 22.4 Å². The Morgan fingerprint density at radius 1 is 0.618 bits per heavy atom. The van der Waals surface area contributed by atoms with Crippen molar-refractivity contribution in [3.63, 3.8) is 0 Å². The molecule has 2 aliphatic heterocycles. The zero-order valence-corrected chi connectivity index (χ0v) is 33.3. The summed E-state index contributed by atoms with van der Waals surface area (Å²) in [4.78, 5) is 44.4. The van der Waals surface area contributed by atoms with Crippen molar-refractivity contribution in [1.29, 1.82) is 0 Å². The summed E-state index contributed by atoms with van der Waals surface area (Å²) in [5.41, 5.74) is 24.9. The highest BCUT2D eigenvalue weighted by Crippen LogP contribution is 2.76. The van der Waals surface area contributed by atoms with Gasteiger partial charge in [-0.05, 0) is 189 Å². The van der Waals surface area contributed by atoms with Crippen LogP contribution in [0.4, 0.5) is 0 Å². The first-order chi connectivity index (χ1) is 26.4. The molecule has 0 spiro atoms. The number of H-pyrrole nitrogens is 2. The maximum absolute atomic E-state index is 13.0. The SMILES string of the molecule is CCC1=C(C)c2cc3nc(c(-c4ccc5c(c4)C[C@]46CC7=C(C[C@@]4(C5)C6)C(=O)C=CC7=O)c4[nH]c(cc5[nH]c(cc1n2)c(CC)c5C)c(C)c4C)C(C)=C3C. The number of aromatic nitrogens is 4. The second-order valence-corrected chi connectivity index (χ2v) is 17.3. The predicted molar refractivity (Wildman–Crippen MR) is 223 cm³/mol. The minimum atomic E-state index is 0.0284. The van der Waals surface area contributed by atoms with Crippen LogP contribution >= 0.6 is 0 Å². The van der Waals surface area contributed by atoms with Gasteiger partial charge in [0.1, 0.15) is 0 Å². The highest BCUT2D eigenvalue weighted by molar-refractivity contribution is 6.20. The maximum atomic E-state index is 13.0. The third-order valence-corrected chi connectivity index (χ3v) is 14.6. The summed E-state index contributed by atoms with van der Waals surface area (Å²) in [6, 6.07) is 13.8. The van der Waals surface area contributed by atoms with Crippen LogP contribution in [0, 0.1) is 31.6 Å². The van der Waals surface area contributed by atoms with Crippen molar-refractivity contribution in [3.8, 4) is 11.1 Å². The highest BCUT2D eigenvalue weighted by atomic mass is 16.1. The molecule has 10 rings (SSSR count). The minimum Gasteiger partial charge on any atom is -0.355 e. The van der Waals surface area contributed by atoms with Crippen LogP contribution < -0.4 is 0 Å². The zero-order valence-electron chi connectivity index (χ0n) is 33.3. The van der Waals surface area contributed by atoms with Gasteiger partial charge in [-0.15, -0.1) is 0 Å². The van der Waals surface area contributed by atoms with E-state index in [2.05, 4.69) is 102 Å². The number of hydrogen-bond donors (Lipinski definition) is 2. The molecular formula is C49H48N4O2. The van der Waals surface area contributed by atoms with E-state index in [1.165, 1.54) is 67.8 Å². The number of aryl methyl sites for hydroxylation is 4. The summed E-state index contributed by atoms with van der Waals surface area (Å²) in [6.45, 7) is 17.7. The Labute approximate surface area is 322 Å². The van der Waals surface area contributed by atoms with Crippen LogP contribution in [-0.4, -0.2) is 31.5 Å². The van der Waals surface area contributed by atoms with Crippen LogP contribution in [0.3, 0.4) is 0 Å². The zero-order chi connectivity index (χ0) is 38.3. The molecular weight excluding hydrogens is 677 g/mol. The molecule has 0 unspecified atom stereocenters. The van der Waals surface area contributed by atoms with Crippen molar-refractivity contribution in [3.05, 3.63) is 116 Å². The van der Waals surface area contributed by atoms with Gasteiger partial charge in [0.05, 0.1) is 28.3 Å². The van der Waals surface area contributed by atoms with Crippen LogP contribution in [-0.2, 0) is 28.9 Å². The maximum Gasteiger partial charge on any atom is 0.182 e. The number of carbonyl (C=O) groups is 2. The molecule has 3 aromatic heterocycles. The highest BCUT2D eigenvalue weighted by Gasteiger charge is 2.70. The lowest BCUT2D eigenvalue weighted by Crippen LogP contribution is -2.33. The van der Waals surface area contributed by atoms with Gasteiger partial charge in [0.2, 0.25) is 0 Å². The summed E-state index contributed by atoms with van der Waals surface area (Å²) in [5.74, 6) is 0.0620. The fourth-order valence-corrected chi connectivity index (χ4v) is 11.0. The first-order valence-corrected chi connectivity index (χ1v) is 20.1. The molecule has 6 nitrogen and oxygen atoms in total. The van der Waals surface area contributed by atoms with Crippen molar-refractivity contribution in [2.24, 2.45) is 10.8 Å². The Balaban J connectivity index is 1.22. The lowest BCUT2D eigenvalue weighted by molar-refractivity contribution is -0.116. The molecule has 1 saturated carbocycles. The second-order valence-electron chi connectivity index (χ2n) is 17.3. The Morgan fingerprint density at radius 3 is 1.98 bits per heavy atom. The van der Waals surface area contributed by atoms with Crippen molar-refractivity contribution in [1.82, 2.24) is 19.9 Å². The molecule has 0 amide bonds. The molecule has 2 N–H and O–H groups in total. The molecule has 6 heteroatoms. The third-order valence-electron chi connectivity index (χ3n) is 14.6. The fourth-order valence-electron chi connectivity index (χ4n) is 11.0. The Hall–Kier alpha value is -5.36. The van der Waals surface area contributed by atoms with E-state index in [0.717, 1.165) is 106 Å². The number of carbonyl (C=O) groups excluding carboxylic acids is 2. The number of nitrogens with zero attached hydrogens (tertiary/aromatic N) is 2. The lowest BCUT2D eigenvalue weighted by atomic mass is 9.65. The van der Waals surface area contributed by atoms with Crippen LogP contribution in [0.1, 0.15) is 116 Å². The fraction of sp³-hybridized carbons (Fsp3) is 0.347. The van der Waals surface area contributed by atoms with E-state index in [1.54, 1.807) is 0 Å². The number of nitrogens with one attached hydrogen (secondary N) is 2. The Kier molecular flexibility index (Phi) is 7.19. The molecule has 4 aromatic rings. The van der Waals surface area contributed by atoms with Crippen molar-refractivity contribution in [2.45, 2.75) is 100 Å². The summed E-state index contributed by atoms with van der Waals surface area (Å²) in [7, 11) is 0. The summed E-state index contributed by atoms with van der Waals surface area (Å²) in [6.07, 6.45) is 9.18. The largest absolute Gasteiger partial charge is 0.355 e. The number of fused-ring (bicyclic) bond motifs is 9. The van der Waals surface area contributed by atoms with Gasteiger partial charge >= 0.3 is 0 Å². The first-order valence-electron chi connectivity index (χ1n) is 20.1. The standard InChI is InChI=1S/C49H48N4O2/c1-9-33-28(7)39-16-37-24(3)26(5)46(52-37)45(47-27(6)25(4)38(53-47)17-40-29(8)34(10-2)42(51-40)18-41(33)50-39)30-11-12-31-19-48-21-35-36(44(55)14-13-43(35)54)22-49(48,23-48)20-32(31)15-30/h11-18,50,52H,9-10,19-23H2,1-8H3/t48-,49+/m0/s1. The second kappa shape index (κ2) is 11.6. The quantitative estimate of drug-likeness (QED) is 0.206. The van der Waals surface area contributed by atoms with Crippen molar-refractivity contribution in [2.75, 3.05) is 0 Å². The van der Waals surface area contributed by atoms with Gasteiger partial charge in [-0.1, -0.05) is 32.0 Å². The van der Waals surface area contributed by atoms with Gasteiger partial charge in [-0.25, -0.2) is 9.97 Å². The van der Waals surface area contributed by atoms with E-state index < -0.39 is 0 Å². The first kappa shape index (κ1) is 34.2. The molecule has 1 fully saturated rings. The number of ketones is 2. The van der Waals surface area contributed by atoms with E-state index in [1.807, 2.05) is 0 Å². The average Bonchev–Trinajstić information content (AvgIpc) is 3.23. The summed E-state index contributed by atoms with van der Waals surface area (Å²) < 4.78 is 0. The molecule has 55 heavy (non-hydrogen) atoms. The molecule has 0 radical (unpaired) electrons. The average molecular weight is 725 g/mol. The monoisotopic (exact) mass is 724 g/mol. The van der Waals surface area contributed by atoms with Gasteiger partial charge in [0.15, 0.2) is 11.6 Å². The van der Waals surface area contributed by atoms with Gasteiger partial charge in [0.25, 0.3) is 0 Å². The number of rotatable bonds is 3. The Morgan fingerprint density at radius 2 is 1.29 bits per heavy atom. The molecule has 5 heterocycles. The molecule has 4 aliphatic carbocycles. The molecule has 6 aliphatic rings. The van der Waals surface area contributed by atoms with E-state index >= 15 is 0 Å². The van der Waals surface area contributed by atoms with Gasteiger partial charge in [-0.2, -0.15) is 0 Å². The van der Waals surface area contributed by atoms with Crippen LogP contribution in [0.25, 0.3) is 55.5 Å². The summed E-state index contributed by atoms with van der Waals surface area (Å²) >= 11 is 0. The van der Waals surface area contributed by atoms with Gasteiger partial charge in [0, 0.05) is 33.3 Å². The number of hydrogen-bond acceptors (Lipinski definition) is 4. The van der Waals surface area contributed by atoms with E-state index in [0.29, 0.717) is 6.42 Å². The van der Waals surface area contributed by atoms with Gasteiger partial charge < -0.3 is 9.97 Å². The van der Waals surface area contributed by atoms with E-state index in [9.17, 15) is 9.59 Å². The van der Waals surface area contributed by atoms with E-state index in [4.69, 9.17) is 9.97 Å². The molecule has 0 saturated heterocycles. The third kappa shape index (κ3) is 4.73. The van der Waals surface area contributed by atoms with Crippen LogP contribution in [0.2, 0.25) is 0 Å². The molecule has 1 aromatic carbocycles. The smallest absolute Gasteiger partial charge is 0.182 e. The summed E-state index contributed by atoms with van der Waals surface area (Å²) in [5, 5.41) is 0. The number of allylic oxidation sites excluding steroid dienone is 8. The van der Waals surface area contributed by atoms with Crippen LogP contribution in [0.5, 0.6) is 0 Å². The number of aromatic amines is 2. The van der Waals surface area contributed by atoms with Crippen molar-refractivity contribution >= 4 is 55.9 Å².